The Morgan fingerprint density at radius 3 is 2.83 bits per heavy atom. The predicted molar refractivity (Wildman–Crippen MR) is 72.1 cm³/mol. The van der Waals surface area contributed by atoms with Gasteiger partial charge in [-0.2, -0.15) is 0 Å². The lowest BCUT2D eigenvalue weighted by atomic mass is 10.2. The molecule has 0 aliphatic heterocycles. The molecule has 0 bridgehead atoms. The number of aryl methyl sites for hydroxylation is 1. The van der Waals surface area contributed by atoms with Gasteiger partial charge >= 0.3 is 0 Å². The van der Waals surface area contributed by atoms with Crippen LogP contribution in [0, 0.1) is 6.92 Å². The van der Waals surface area contributed by atoms with E-state index in [0.717, 1.165) is 22.8 Å². The van der Waals surface area contributed by atoms with Gasteiger partial charge in [0.05, 0.1) is 7.11 Å². The fourth-order valence-electron chi connectivity index (χ4n) is 1.64. The molecule has 18 heavy (non-hydrogen) atoms. The van der Waals surface area contributed by atoms with Gasteiger partial charge in [-0.05, 0) is 24.6 Å². The zero-order valence-corrected chi connectivity index (χ0v) is 11.3. The number of phenolic OH excluding ortho intramolecular Hbond substituents is 1. The molecular weight excluding hydrogens is 248 g/mol. The number of hydrogen-bond acceptors (Lipinski definition) is 5. The number of rotatable bonds is 5. The van der Waals surface area contributed by atoms with Gasteiger partial charge in [0.15, 0.2) is 11.5 Å². The molecule has 4 nitrogen and oxygen atoms in total. The van der Waals surface area contributed by atoms with E-state index in [1.807, 2.05) is 18.4 Å². The average molecular weight is 264 g/mol. The van der Waals surface area contributed by atoms with Gasteiger partial charge in [-0.3, -0.25) is 0 Å². The van der Waals surface area contributed by atoms with Crippen molar-refractivity contribution in [3.8, 4) is 11.5 Å². The molecule has 0 amide bonds. The lowest BCUT2D eigenvalue weighted by molar-refractivity contribution is 0.373. The second-order valence-electron chi connectivity index (χ2n) is 3.99. The van der Waals surface area contributed by atoms with Crippen LogP contribution < -0.4 is 10.1 Å². The molecule has 2 aromatic rings. The van der Waals surface area contributed by atoms with E-state index in [2.05, 4.69) is 10.3 Å². The highest BCUT2D eigenvalue weighted by Crippen LogP contribution is 2.26. The smallest absolute Gasteiger partial charge is 0.160 e. The third kappa shape index (κ3) is 3.21. The van der Waals surface area contributed by atoms with E-state index >= 15 is 0 Å². The normalized spacial score (nSPS) is 10.6. The van der Waals surface area contributed by atoms with Crippen molar-refractivity contribution in [3.63, 3.8) is 0 Å². The summed E-state index contributed by atoms with van der Waals surface area (Å²) in [6, 6.07) is 5.40. The number of phenols is 1. The highest BCUT2D eigenvalue weighted by atomic mass is 32.1. The Balaban J connectivity index is 1.88. The number of hydrogen-bond donors (Lipinski definition) is 2. The van der Waals surface area contributed by atoms with Gasteiger partial charge < -0.3 is 15.2 Å². The van der Waals surface area contributed by atoms with E-state index in [-0.39, 0.29) is 5.75 Å². The lowest BCUT2D eigenvalue weighted by Crippen LogP contribution is -2.12. The molecule has 5 heteroatoms. The monoisotopic (exact) mass is 264 g/mol. The van der Waals surface area contributed by atoms with Crippen LogP contribution in [0.2, 0.25) is 0 Å². The Hall–Kier alpha value is -1.59. The summed E-state index contributed by atoms with van der Waals surface area (Å²) in [4.78, 5) is 4.37. The molecule has 0 aliphatic carbocycles. The fraction of sp³-hybridized carbons (Fsp3) is 0.308. The number of thiazole rings is 1. The standard InChI is InChI=1S/C13H16N2O2S/c1-9-8-18-13(15-9)7-14-6-10-3-4-12(17-2)11(16)5-10/h3-5,8,14,16H,6-7H2,1-2H3. The van der Waals surface area contributed by atoms with Gasteiger partial charge in [0.25, 0.3) is 0 Å². The first-order valence-electron chi connectivity index (χ1n) is 5.66. The maximum Gasteiger partial charge on any atom is 0.160 e. The summed E-state index contributed by atoms with van der Waals surface area (Å²) in [6.45, 7) is 3.42. The van der Waals surface area contributed by atoms with Crippen molar-refractivity contribution in [1.29, 1.82) is 0 Å². The van der Waals surface area contributed by atoms with E-state index < -0.39 is 0 Å². The summed E-state index contributed by atoms with van der Waals surface area (Å²) in [5, 5.41) is 16.1. The molecular formula is C13H16N2O2S. The summed E-state index contributed by atoms with van der Waals surface area (Å²) in [5.41, 5.74) is 2.07. The average Bonchev–Trinajstić information content (AvgIpc) is 2.75. The van der Waals surface area contributed by atoms with Gasteiger partial charge in [-0.15, -0.1) is 11.3 Å². The molecule has 1 aromatic heterocycles. The Morgan fingerprint density at radius 1 is 1.39 bits per heavy atom. The van der Waals surface area contributed by atoms with Crippen LogP contribution in [-0.2, 0) is 13.1 Å². The number of methoxy groups -OCH3 is 1. The number of aromatic hydroxyl groups is 1. The van der Waals surface area contributed by atoms with Gasteiger partial charge in [0.2, 0.25) is 0 Å². The second-order valence-corrected chi connectivity index (χ2v) is 4.94. The summed E-state index contributed by atoms with van der Waals surface area (Å²) in [7, 11) is 1.54. The van der Waals surface area contributed by atoms with Crippen molar-refractivity contribution < 1.29 is 9.84 Å². The van der Waals surface area contributed by atoms with Gasteiger partial charge in [-0.1, -0.05) is 6.07 Å². The minimum Gasteiger partial charge on any atom is -0.504 e. The molecule has 1 aromatic carbocycles. The van der Waals surface area contributed by atoms with Crippen molar-refractivity contribution >= 4 is 11.3 Å². The zero-order chi connectivity index (χ0) is 13.0. The van der Waals surface area contributed by atoms with Crippen LogP contribution in [0.4, 0.5) is 0 Å². The molecule has 2 rings (SSSR count). The minimum absolute atomic E-state index is 0.168. The van der Waals surface area contributed by atoms with Crippen LogP contribution in [0.15, 0.2) is 23.6 Å². The fourth-order valence-corrected chi connectivity index (χ4v) is 2.38. The van der Waals surface area contributed by atoms with E-state index in [4.69, 9.17) is 4.74 Å². The summed E-state index contributed by atoms with van der Waals surface area (Å²) < 4.78 is 5.00. The second kappa shape index (κ2) is 5.84. The molecule has 0 spiro atoms. The highest BCUT2D eigenvalue weighted by molar-refractivity contribution is 7.09. The van der Waals surface area contributed by atoms with Crippen LogP contribution in [-0.4, -0.2) is 17.2 Å². The first-order chi connectivity index (χ1) is 8.69. The number of ether oxygens (including phenoxy) is 1. The van der Waals surface area contributed by atoms with Crippen molar-refractivity contribution in [2.24, 2.45) is 0 Å². The van der Waals surface area contributed by atoms with Gasteiger partial charge in [0.1, 0.15) is 5.01 Å². The number of nitrogens with zero attached hydrogens (tertiary/aromatic N) is 1. The molecule has 0 saturated heterocycles. The van der Waals surface area contributed by atoms with Crippen LogP contribution in [0.5, 0.6) is 11.5 Å². The first-order valence-corrected chi connectivity index (χ1v) is 6.54. The van der Waals surface area contributed by atoms with Crippen LogP contribution in [0.25, 0.3) is 0 Å². The lowest BCUT2D eigenvalue weighted by Gasteiger charge is -2.06. The Kier molecular flexibility index (Phi) is 4.17. The number of benzene rings is 1. The molecule has 0 unspecified atom stereocenters. The molecule has 96 valence electrons. The molecule has 0 aliphatic rings. The van der Waals surface area contributed by atoms with E-state index in [0.29, 0.717) is 12.3 Å². The first kappa shape index (κ1) is 12.9. The molecule has 0 fully saturated rings. The van der Waals surface area contributed by atoms with Crippen molar-refractivity contribution in [3.05, 3.63) is 39.8 Å². The van der Waals surface area contributed by atoms with E-state index in [1.54, 1.807) is 23.5 Å². The van der Waals surface area contributed by atoms with Crippen molar-refractivity contribution in [2.75, 3.05) is 7.11 Å². The number of aromatic nitrogens is 1. The van der Waals surface area contributed by atoms with Crippen LogP contribution in [0.1, 0.15) is 16.3 Å². The zero-order valence-electron chi connectivity index (χ0n) is 10.4. The van der Waals surface area contributed by atoms with E-state index in [9.17, 15) is 5.11 Å². The molecule has 0 radical (unpaired) electrons. The molecule has 1 heterocycles. The topological polar surface area (TPSA) is 54.4 Å². The van der Waals surface area contributed by atoms with E-state index in [1.165, 1.54) is 7.11 Å². The Morgan fingerprint density at radius 2 is 2.22 bits per heavy atom. The Labute approximate surface area is 110 Å². The van der Waals surface area contributed by atoms with Gasteiger partial charge in [-0.25, -0.2) is 4.98 Å². The minimum atomic E-state index is 0.168. The summed E-state index contributed by atoms with van der Waals surface area (Å²) in [5.74, 6) is 0.663. The molecule has 2 N–H and O–H groups in total. The molecule has 0 saturated carbocycles. The maximum atomic E-state index is 9.65. The highest BCUT2D eigenvalue weighted by Gasteiger charge is 2.03. The Bertz CT molecular complexity index is 525. The molecule has 0 atom stereocenters. The largest absolute Gasteiger partial charge is 0.504 e. The van der Waals surface area contributed by atoms with Crippen LogP contribution in [0.3, 0.4) is 0 Å². The van der Waals surface area contributed by atoms with Crippen LogP contribution >= 0.6 is 11.3 Å². The summed E-state index contributed by atoms with van der Waals surface area (Å²) in [6.07, 6.45) is 0. The quantitative estimate of drug-likeness (QED) is 0.871. The number of nitrogens with one attached hydrogen (secondary N) is 1. The third-order valence-corrected chi connectivity index (χ3v) is 3.48. The predicted octanol–water partition coefficient (Wildman–Crippen LogP) is 2.46. The summed E-state index contributed by atoms with van der Waals surface area (Å²) >= 11 is 1.65. The van der Waals surface area contributed by atoms with Crippen molar-refractivity contribution in [2.45, 2.75) is 20.0 Å². The SMILES string of the molecule is COc1ccc(CNCc2nc(C)cs2)cc1O. The van der Waals surface area contributed by atoms with Crippen molar-refractivity contribution in [1.82, 2.24) is 10.3 Å². The van der Waals surface area contributed by atoms with Gasteiger partial charge in [0, 0.05) is 24.2 Å². The third-order valence-electron chi connectivity index (χ3n) is 2.52. The maximum absolute atomic E-state index is 9.65.